The van der Waals surface area contributed by atoms with Crippen LogP contribution in [0.1, 0.15) is 27.2 Å². The topological polar surface area (TPSA) is 97.3 Å². The van der Waals surface area contributed by atoms with Crippen molar-refractivity contribution in [3.8, 4) is 12.0 Å². The molecule has 0 saturated carbocycles. The van der Waals surface area contributed by atoms with Crippen LogP contribution in [0.15, 0.2) is 53.2 Å². The predicted molar refractivity (Wildman–Crippen MR) is 96.0 cm³/mol. The first kappa shape index (κ1) is 18.9. The third-order valence-corrected chi connectivity index (χ3v) is 3.99. The van der Waals surface area contributed by atoms with Crippen LogP contribution in [0.4, 0.5) is 4.39 Å². The van der Waals surface area contributed by atoms with Gasteiger partial charge in [0.2, 0.25) is 5.88 Å². The Morgan fingerprint density at radius 3 is 2.64 bits per heavy atom. The van der Waals surface area contributed by atoms with Gasteiger partial charge in [-0.25, -0.2) is 9.18 Å². The van der Waals surface area contributed by atoms with Crippen LogP contribution in [0.5, 0.6) is 0 Å². The molecule has 0 aliphatic rings. The molecule has 0 aliphatic heterocycles. The molecule has 0 saturated heterocycles. The van der Waals surface area contributed by atoms with Gasteiger partial charge in [-0.1, -0.05) is 18.2 Å². The molecule has 0 aliphatic carbocycles. The number of halogens is 1. The number of hydrogen-bond acceptors (Lipinski definition) is 5. The number of rotatable bonds is 6. The van der Waals surface area contributed by atoms with Crippen molar-refractivity contribution in [1.82, 2.24) is 9.88 Å². The summed E-state index contributed by atoms with van der Waals surface area (Å²) >= 11 is 0. The normalized spacial score (nSPS) is 10.3. The number of aromatic nitrogens is 1. The van der Waals surface area contributed by atoms with Crippen molar-refractivity contribution < 1.29 is 23.1 Å². The number of carbonyl (C=O) groups is 2. The molecule has 3 aromatic rings. The Kier molecular flexibility index (Phi) is 5.56. The Hall–Kier alpha value is -3.86. The summed E-state index contributed by atoms with van der Waals surface area (Å²) in [5.74, 6) is -1.48. The van der Waals surface area contributed by atoms with E-state index in [-0.39, 0.29) is 29.3 Å². The standard InChI is InChI=1S/C20H16FN3O4/c1-13-18(15(10-22)19(28-13)24-8-4-5-9-24)20(26)27-12-17(25)23-11-14-6-2-3-7-16(14)21/h2-9H,11-12H2,1H3,(H,23,25). The number of amides is 1. The fourth-order valence-corrected chi connectivity index (χ4v) is 2.62. The first-order valence-electron chi connectivity index (χ1n) is 8.35. The molecule has 0 atom stereocenters. The molecule has 0 fully saturated rings. The van der Waals surface area contributed by atoms with Gasteiger partial charge in [-0.15, -0.1) is 0 Å². The van der Waals surface area contributed by atoms with Crippen LogP contribution < -0.4 is 5.32 Å². The predicted octanol–water partition coefficient (Wildman–Crippen LogP) is 2.86. The number of hydrogen-bond donors (Lipinski definition) is 1. The highest BCUT2D eigenvalue weighted by Gasteiger charge is 2.26. The number of aryl methyl sites for hydroxylation is 1. The molecule has 2 aromatic heterocycles. The minimum absolute atomic E-state index is 0.0189. The molecule has 0 unspecified atom stereocenters. The number of nitrogens with one attached hydrogen (secondary N) is 1. The molecular weight excluding hydrogens is 365 g/mol. The van der Waals surface area contributed by atoms with E-state index in [1.807, 2.05) is 6.07 Å². The van der Waals surface area contributed by atoms with Crippen LogP contribution in [0.25, 0.3) is 5.88 Å². The lowest BCUT2D eigenvalue weighted by Crippen LogP contribution is -2.28. The van der Waals surface area contributed by atoms with E-state index in [4.69, 9.17) is 9.15 Å². The van der Waals surface area contributed by atoms with Crippen molar-refractivity contribution >= 4 is 11.9 Å². The van der Waals surface area contributed by atoms with Gasteiger partial charge in [-0.05, 0) is 25.1 Å². The molecule has 0 spiro atoms. The fraction of sp³-hybridized carbons (Fsp3) is 0.150. The summed E-state index contributed by atoms with van der Waals surface area (Å²) in [5, 5.41) is 11.9. The SMILES string of the molecule is Cc1oc(-n2cccc2)c(C#N)c1C(=O)OCC(=O)NCc1ccccc1F. The summed E-state index contributed by atoms with van der Waals surface area (Å²) in [6.07, 6.45) is 3.34. The number of esters is 1. The van der Waals surface area contributed by atoms with E-state index in [1.165, 1.54) is 13.0 Å². The third kappa shape index (κ3) is 3.94. The van der Waals surface area contributed by atoms with Crippen LogP contribution >= 0.6 is 0 Å². The summed E-state index contributed by atoms with van der Waals surface area (Å²) in [6.45, 7) is 0.930. The Bertz CT molecular complexity index is 1050. The Morgan fingerprint density at radius 2 is 1.96 bits per heavy atom. The Labute approximate surface area is 159 Å². The number of furan rings is 1. The maximum absolute atomic E-state index is 13.5. The molecule has 142 valence electrons. The van der Waals surface area contributed by atoms with Crippen molar-refractivity contribution in [3.63, 3.8) is 0 Å². The second-order valence-electron chi connectivity index (χ2n) is 5.86. The lowest BCUT2D eigenvalue weighted by Gasteiger charge is -2.07. The molecule has 3 rings (SSSR count). The van der Waals surface area contributed by atoms with Gasteiger partial charge in [0.25, 0.3) is 5.91 Å². The van der Waals surface area contributed by atoms with Gasteiger partial charge >= 0.3 is 5.97 Å². The number of nitriles is 1. The van der Waals surface area contributed by atoms with Crippen molar-refractivity contribution in [2.45, 2.75) is 13.5 Å². The molecule has 0 radical (unpaired) electrons. The largest absolute Gasteiger partial charge is 0.452 e. The maximum Gasteiger partial charge on any atom is 0.343 e. The van der Waals surface area contributed by atoms with Gasteiger partial charge in [0.1, 0.15) is 28.8 Å². The van der Waals surface area contributed by atoms with Gasteiger partial charge in [0, 0.05) is 24.5 Å². The van der Waals surface area contributed by atoms with Crippen molar-refractivity contribution in [1.29, 1.82) is 5.26 Å². The molecule has 1 aromatic carbocycles. The van der Waals surface area contributed by atoms with Crippen molar-refractivity contribution in [3.05, 3.63) is 77.1 Å². The van der Waals surface area contributed by atoms with Crippen LogP contribution in [-0.2, 0) is 16.1 Å². The zero-order valence-electron chi connectivity index (χ0n) is 14.9. The summed E-state index contributed by atoms with van der Waals surface area (Å²) in [5.41, 5.74) is 0.301. The van der Waals surface area contributed by atoms with Gasteiger partial charge in [0.05, 0.1) is 0 Å². The zero-order valence-corrected chi connectivity index (χ0v) is 14.9. The monoisotopic (exact) mass is 381 g/mol. The van der Waals surface area contributed by atoms with E-state index in [1.54, 1.807) is 47.3 Å². The second-order valence-corrected chi connectivity index (χ2v) is 5.86. The third-order valence-electron chi connectivity index (χ3n) is 3.99. The molecule has 0 bridgehead atoms. The van der Waals surface area contributed by atoms with E-state index < -0.39 is 24.3 Å². The highest BCUT2D eigenvalue weighted by Crippen LogP contribution is 2.26. The molecular formula is C20H16FN3O4. The molecule has 2 heterocycles. The zero-order chi connectivity index (χ0) is 20.1. The maximum atomic E-state index is 13.5. The smallest absolute Gasteiger partial charge is 0.343 e. The van der Waals surface area contributed by atoms with E-state index in [0.29, 0.717) is 5.56 Å². The van der Waals surface area contributed by atoms with E-state index in [2.05, 4.69) is 5.32 Å². The number of ether oxygens (including phenoxy) is 1. The number of carbonyl (C=O) groups excluding carboxylic acids is 2. The lowest BCUT2D eigenvalue weighted by molar-refractivity contribution is -0.124. The summed E-state index contributed by atoms with van der Waals surface area (Å²) in [4.78, 5) is 24.3. The van der Waals surface area contributed by atoms with Gasteiger partial charge in [-0.3, -0.25) is 9.36 Å². The average molecular weight is 381 g/mol. The van der Waals surface area contributed by atoms with Gasteiger partial charge < -0.3 is 14.5 Å². The number of nitrogens with zero attached hydrogens (tertiary/aromatic N) is 2. The van der Waals surface area contributed by atoms with Crippen LogP contribution in [0.3, 0.4) is 0 Å². The highest BCUT2D eigenvalue weighted by molar-refractivity contribution is 5.95. The lowest BCUT2D eigenvalue weighted by atomic mass is 10.1. The van der Waals surface area contributed by atoms with Crippen LogP contribution in [-0.4, -0.2) is 23.1 Å². The van der Waals surface area contributed by atoms with E-state index in [9.17, 15) is 19.2 Å². The quantitative estimate of drug-likeness (QED) is 0.662. The summed E-state index contributed by atoms with van der Waals surface area (Å²) in [6, 6.07) is 11.5. The molecule has 1 amide bonds. The Morgan fingerprint density at radius 1 is 1.25 bits per heavy atom. The minimum Gasteiger partial charge on any atom is -0.452 e. The highest BCUT2D eigenvalue weighted by atomic mass is 19.1. The van der Waals surface area contributed by atoms with Crippen LogP contribution in [0, 0.1) is 24.1 Å². The van der Waals surface area contributed by atoms with Crippen molar-refractivity contribution in [2.24, 2.45) is 0 Å². The van der Waals surface area contributed by atoms with E-state index >= 15 is 0 Å². The summed E-state index contributed by atoms with van der Waals surface area (Å²) in [7, 11) is 0. The van der Waals surface area contributed by atoms with Gasteiger partial charge in [-0.2, -0.15) is 5.26 Å². The first-order chi connectivity index (χ1) is 13.5. The summed E-state index contributed by atoms with van der Waals surface area (Å²) < 4.78 is 25.6. The minimum atomic E-state index is -0.850. The van der Waals surface area contributed by atoms with Crippen LogP contribution in [0.2, 0.25) is 0 Å². The second kappa shape index (κ2) is 8.22. The van der Waals surface area contributed by atoms with Crippen molar-refractivity contribution in [2.75, 3.05) is 6.61 Å². The molecule has 7 nitrogen and oxygen atoms in total. The fourth-order valence-electron chi connectivity index (χ4n) is 2.62. The average Bonchev–Trinajstić information content (AvgIpc) is 3.32. The Balaban J connectivity index is 1.64. The molecule has 1 N–H and O–H groups in total. The van der Waals surface area contributed by atoms with E-state index in [0.717, 1.165) is 0 Å². The van der Waals surface area contributed by atoms with Gasteiger partial charge in [0.15, 0.2) is 6.61 Å². The molecule has 28 heavy (non-hydrogen) atoms. The number of benzene rings is 1. The first-order valence-corrected chi connectivity index (χ1v) is 8.35. The molecule has 8 heteroatoms.